The number of amides is 2. The zero-order valence-corrected chi connectivity index (χ0v) is 18.9. The van der Waals surface area contributed by atoms with Gasteiger partial charge in [0.25, 0.3) is 5.91 Å². The van der Waals surface area contributed by atoms with E-state index in [2.05, 4.69) is 32.3 Å². The van der Waals surface area contributed by atoms with Crippen LogP contribution in [0.3, 0.4) is 0 Å². The minimum Gasteiger partial charge on any atom is -0.367 e. The van der Waals surface area contributed by atoms with E-state index in [9.17, 15) is 9.59 Å². The molecule has 33 heavy (non-hydrogen) atoms. The summed E-state index contributed by atoms with van der Waals surface area (Å²) in [5.41, 5.74) is 6.57. The maximum atomic E-state index is 12.0. The predicted octanol–water partition coefficient (Wildman–Crippen LogP) is 3.00. The van der Waals surface area contributed by atoms with E-state index >= 15 is 0 Å². The minimum absolute atomic E-state index is 0.0538. The molecular weight excluding hydrogens is 420 g/mol. The van der Waals surface area contributed by atoms with Crippen LogP contribution in [0.25, 0.3) is 0 Å². The van der Waals surface area contributed by atoms with E-state index < -0.39 is 5.91 Å². The average molecular weight is 453 g/mol. The molecule has 0 radical (unpaired) electrons. The second kappa shape index (κ2) is 10.5. The van der Waals surface area contributed by atoms with Crippen molar-refractivity contribution in [1.29, 1.82) is 0 Å². The van der Waals surface area contributed by atoms with Gasteiger partial charge >= 0.3 is 0 Å². The highest BCUT2D eigenvalue weighted by molar-refractivity contribution is 5.97. The summed E-state index contributed by atoms with van der Waals surface area (Å²) in [6.07, 6.45) is 15.2. The van der Waals surface area contributed by atoms with Gasteiger partial charge in [0.1, 0.15) is 5.82 Å². The van der Waals surface area contributed by atoms with Crippen molar-refractivity contribution in [3.8, 4) is 0 Å². The van der Waals surface area contributed by atoms with Gasteiger partial charge in [-0.1, -0.05) is 32.3 Å². The van der Waals surface area contributed by atoms with Gasteiger partial charge in [-0.15, -0.1) is 0 Å². The van der Waals surface area contributed by atoms with Gasteiger partial charge in [-0.2, -0.15) is 10.1 Å². The number of carbonyl (C=O) groups excluding carboxylic acids is 2. The summed E-state index contributed by atoms with van der Waals surface area (Å²) < 4.78 is 1.87. The summed E-state index contributed by atoms with van der Waals surface area (Å²) in [6, 6.07) is 0.368. The molecule has 2 aromatic heterocycles. The van der Waals surface area contributed by atoms with Crippen LogP contribution in [0.1, 0.15) is 67.8 Å². The third-order valence-corrected chi connectivity index (χ3v) is 6.36. The van der Waals surface area contributed by atoms with Crippen LogP contribution in [-0.4, -0.2) is 55.6 Å². The summed E-state index contributed by atoms with van der Waals surface area (Å²) in [6.45, 7) is 4.92. The quantitative estimate of drug-likeness (QED) is 0.435. The Balaban J connectivity index is 1.46. The molecule has 10 heteroatoms. The predicted molar refractivity (Wildman–Crippen MR) is 126 cm³/mol. The molecule has 1 saturated carbocycles. The molecule has 2 fully saturated rings. The second-order valence-electron chi connectivity index (χ2n) is 8.77. The Morgan fingerprint density at radius 3 is 2.64 bits per heavy atom. The Kier molecular flexibility index (Phi) is 7.21. The molecule has 0 aromatic carbocycles. The highest BCUT2D eigenvalue weighted by Gasteiger charge is 2.24. The van der Waals surface area contributed by atoms with Crippen LogP contribution in [-0.2, 0) is 4.79 Å². The fourth-order valence-electron chi connectivity index (χ4n) is 4.58. The number of nitrogens with two attached hydrogens (primary N) is 1. The lowest BCUT2D eigenvalue weighted by Gasteiger charge is -2.32. The van der Waals surface area contributed by atoms with Crippen LogP contribution in [0.2, 0.25) is 0 Å². The van der Waals surface area contributed by atoms with Crippen molar-refractivity contribution < 1.29 is 9.59 Å². The number of nitrogens with zero attached hydrogens (tertiary/aromatic N) is 5. The van der Waals surface area contributed by atoms with Gasteiger partial charge in [-0.25, -0.2) is 4.98 Å². The van der Waals surface area contributed by atoms with Crippen molar-refractivity contribution in [2.45, 2.75) is 63.5 Å². The van der Waals surface area contributed by atoms with Gasteiger partial charge in [0.15, 0.2) is 0 Å². The van der Waals surface area contributed by atoms with E-state index in [0.29, 0.717) is 18.3 Å². The summed E-state index contributed by atoms with van der Waals surface area (Å²) in [5.74, 6) is 0.219. The van der Waals surface area contributed by atoms with Crippen LogP contribution < -0.4 is 16.4 Å². The minimum atomic E-state index is -0.554. The van der Waals surface area contributed by atoms with Crippen LogP contribution in [0.15, 0.2) is 31.2 Å². The maximum Gasteiger partial charge on any atom is 0.254 e. The van der Waals surface area contributed by atoms with Crippen molar-refractivity contribution in [2.24, 2.45) is 5.73 Å². The summed E-state index contributed by atoms with van der Waals surface area (Å²) in [5, 5.41) is 11.1. The molecule has 2 amide bonds. The third kappa shape index (κ3) is 5.68. The van der Waals surface area contributed by atoms with E-state index in [0.717, 1.165) is 50.8 Å². The highest BCUT2D eigenvalue weighted by atomic mass is 16.2. The van der Waals surface area contributed by atoms with Crippen molar-refractivity contribution in [1.82, 2.24) is 24.6 Å². The van der Waals surface area contributed by atoms with Crippen molar-refractivity contribution in [3.05, 3.63) is 36.8 Å². The Morgan fingerprint density at radius 2 is 1.91 bits per heavy atom. The topological polar surface area (TPSA) is 131 Å². The summed E-state index contributed by atoms with van der Waals surface area (Å²) in [7, 11) is 0. The molecule has 2 aromatic rings. The van der Waals surface area contributed by atoms with Crippen LogP contribution in [0, 0.1) is 0 Å². The van der Waals surface area contributed by atoms with Gasteiger partial charge in [0, 0.05) is 31.5 Å². The third-order valence-electron chi connectivity index (χ3n) is 6.36. The Morgan fingerprint density at radius 1 is 1.12 bits per heavy atom. The zero-order valence-electron chi connectivity index (χ0n) is 18.9. The number of hydrogen-bond donors (Lipinski definition) is 3. The van der Waals surface area contributed by atoms with Crippen molar-refractivity contribution in [2.75, 3.05) is 23.7 Å². The SMILES string of the molecule is C=CC(=O)N1CCC[C@H](n2cc(Nc3ncc(C(N)=O)c(NC4CCCCCC4)n3)cn2)C1. The molecule has 1 aliphatic heterocycles. The fourth-order valence-corrected chi connectivity index (χ4v) is 4.58. The van der Waals surface area contributed by atoms with Crippen LogP contribution >= 0.6 is 0 Å². The Bertz CT molecular complexity index is 996. The molecule has 4 N–H and O–H groups in total. The molecule has 1 atom stereocenters. The summed E-state index contributed by atoms with van der Waals surface area (Å²) >= 11 is 0. The number of carbonyl (C=O) groups is 2. The number of primary amides is 1. The fraction of sp³-hybridized carbons (Fsp3) is 0.522. The summed E-state index contributed by atoms with van der Waals surface area (Å²) in [4.78, 5) is 34.5. The molecule has 10 nitrogen and oxygen atoms in total. The van der Waals surface area contributed by atoms with Gasteiger partial charge in [-0.3, -0.25) is 14.3 Å². The molecule has 3 heterocycles. The molecule has 1 aliphatic carbocycles. The molecular formula is C23H32N8O2. The van der Waals surface area contributed by atoms with E-state index in [1.165, 1.54) is 25.1 Å². The molecule has 1 saturated heterocycles. The lowest BCUT2D eigenvalue weighted by Crippen LogP contribution is -2.39. The largest absolute Gasteiger partial charge is 0.367 e. The lowest BCUT2D eigenvalue weighted by molar-refractivity contribution is -0.127. The number of hydrogen-bond acceptors (Lipinski definition) is 7. The first-order valence-corrected chi connectivity index (χ1v) is 11.7. The molecule has 4 rings (SSSR count). The molecule has 0 spiro atoms. The maximum absolute atomic E-state index is 12.0. The number of likely N-dealkylation sites (tertiary alicyclic amines) is 1. The van der Waals surface area contributed by atoms with Crippen molar-refractivity contribution >= 4 is 29.3 Å². The van der Waals surface area contributed by atoms with Gasteiger partial charge in [0.2, 0.25) is 11.9 Å². The second-order valence-corrected chi connectivity index (χ2v) is 8.77. The molecule has 2 aliphatic rings. The molecule has 0 bridgehead atoms. The van der Waals surface area contributed by atoms with E-state index in [4.69, 9.17) is 5.73 Å². The number of piperidine rings is 1. The van der Waals surface area contributed by atoms with E-state index in [1.54, 1.807) is 11.1 Å². The number of nitrogens with one attached hydrogen (secondary N) is 2. The molecule has 0 unspecified atom stereocenters. The number of anilines is 3. The van der Waals surface area contributed by atoms with E-state index in [-0.39, 0.29) is 23.6 Å². The van der Waals surface area contributed by atoms with E-state index in [1.807, 2.05) is 10.9 Å². The number of aromatic nitrogens is 4. The highest BCUT2D eigenvalue weighted by Crippen LogP contribution is 2.25. The zero-order chi connectivity index (χ0) is 23.2. The first kappa shape index (κ1) is 22.8. The first-order valence-electron chi connectivity index (χ1n) is 11.7. The lowest BCUT2D eigenvalue weighted by atomic mass is 10.1. The van der Waals surface area contributed by atoms with Crippen LogP contribution in [0.4, 0.5) is 17.5 Å². The average Bonchev–Trinajstić information content (AvgIpc) is 3.13. The Labute approximate surface area is 193 Å². The standard InChI is InChI=1S/C23H32N8O2/c1-2-20(32)30-11-7-10-18(15-30)31-14-17(12-26-31)28-23-25-13-19(21(24)33)22(29-23)27-16-8-5-3-4-6-9-16/h2,12-14,16,18H,1,3-11,15H2,(H2,24,33)(H2,25,27,28,29)/t18-/m0/s1. The van der Waals surface area contributed by atoms with Crippen molar-refractivity contribution in [3.63, 3.8) is 0 Å². The monoisotopic (exact) mass is 452 g/mol. The molecule has 176 valence electrons. The van der Waals surface area contributed by atoms with Gasteiger partial charge in [0.05, 0.1) is 23.5 Å². The Hall–Kier alpha value is -3.43. The van der Waals surface area contributed by atoms with Crippen LogP contribution in [0.5, 0.6) is 0 Å². The first-order chi connectivity index (χ1) is 16.0. The normalized spacial score (nSPS) is 19.5. The smallest absolute Gasteiger partial charge is 0.254 e. The van der Waals surface area contributed by atoms with Gasteiger partial charge < -0.3 is 21.3 Å². The van der Waals surface area contributed by atoms with Gasteiger partial charge in [-0.05, 0) is 31.8 Å². The number of rotatable bonds is 7.